The van der Waals surface area contributed by atoms with Gasteiger partial charge in [0.1, 0.15) is 60.6 Å². The van der Waals surface area contributed by atoms with E-state index in [2.05, 4.69) is 53.2 Å². The number of hydrogen-bond acceptors (Lipinski definition) is 14. The van der Waals surface area contributed by atoms with E-state index in [0.29, 0.717) is 36.1 Å². The predicted molar refractivity (Wildman–Crippen MR) is 248 cm³/mol. The first-order chi connectivity index (χ1) is 30.2. The molecule has 340 valence electrons. The summed E-state index contributed by atoms with van der Waals surface area (Å²) in [5.74, 6) is 2.91. The average Bonchev–Trinajstić information content (AvgIpc) is 3.82. The Morgan fingerprint density at radius 1 is 0.625 bits per heavy atom. The molecule has 19 heteroatoms. The molecule has 0 saturated carbocycles. The van der Waals surface area contributed by atoms with Crippen molar-refractivity contribution in [2.45, 2.75) is 45.6 Å². The summed E-state index contributed by atoms with van der Waals surface area (Å²) < 4.78 is 22.9. The molecule has 4 amide bonds. The molecule has 64 heavy (non-hydrogen) atoms. The van der Waals surface area contributed by atoms with Gasteiger partial charge in [-0.25, -0.2) is 19.6 Å². The number of benzene rings is 2. The number of hydrogen-bond donors (Lipinski definition) is 4. The Bertz CT molecular complexity index is 2150. The van der Waals surface area contributed by atoms with Gasteiger partial charge in [0.25, 0.3) is 0 Å². The van der Waals surface area contributed by atoms with Crippen LogP contribution in [0, 0.1) is 0 Å². The van der Waals surface area contributed by atoms with E-state index in [4.69, 9.17) is 18.9 Å². The van der Waals surface area contributed by atoms with Crippen LogP contribution in [0.1, 0.15) is 21.3 Å². The highest BCUT2D eigenvalue weighted by Gasteiger charge is 2.47. The molecule has 4 aromatic rings. The van der Waals surface area contributed by atoms with Crippen molar-refractivity contribution in [3.05, 3.63) is 73.1 Å². The number of nitrogens with zero attached hydrogens (tertiary/aromatic N) is 6. The van der Waals surface area contributed by atoms with Gasteiger partial charge in [-0.05, 0) is 59.7 Å². The van der Waals surface area contributed by atoms with Crippen LogP contribution in [0.5, 0.6) is 11.5 Å². The molecule has 4 fully saturated rings. The third kappa shape index (κ3) is 9.65. The van der Waals surface area contributed by atoms with Gasteiger partial charge < -0.3 is 50.0 Å². The van der Waals surface area contributed by atoms with Gasteiger partial charge in [-0.3, -0.25) is 19.4 Å². The molecule has 6 aliphatic rings. The molecule has 4 atom stereocenters. The number of nitrogens with one attached hydrogen (secondary N) is 4. The largest absolute Gasteiger partial charge is 0.489 e. The molecule has 0 radical (unpaired) electrons. The lowest BCUT2D eigenvalue weighted by molar-refractivity contribution is -0.120. The topological polar surface area (TPSA) is 192 Å². The van der Waals surface area contributed by atoms with Crippen LogP contribution in [0.15, 0.2) is 73.1 Å². The Morgan fingerprint density at radius 2 is 1.02 bits per heavy atom. The van der Waals surface area contributed by atoms with Crippen LogP contribution in [-0.2, 0) is 19.1 Å². The van der Waals surface area contributed by atoms with Gasteiger partial charge in [-0.1, -0.05) is 19.6 Å². The zero-order valence-corrected chi connectivity index (χ0v) is 36.8. The van der Waals surface area contributed by atoms with E-state index in [9.17, 15) is 19.2 Å². The standard InChI is InChI=1S/2C22H25N5O4.CH4.BrH/c2*1-14(28)24-12-20-18-13-30-19-10-15(2-4-17(19)27(18)22(29)31-20)16-3-5-21(25-11-16)26-8-6-23-7-9-26;;/h2*2-5,10-11,18,20,23H,6-9,12-13H2,1H3,(H,24,28);1H4;1H/t2*18-,20-;;/m00../s1. The fourth-order valence-corrected chi connectivity index (χ4v) is 8.54. The third-order valence-corrected chi connectivity index (χ3v) is 11.8. The Hall–Kier alpha value is -6.18. The summed E-state index contributed by atoms with van der Waals surface area (Å²) in [7, 11) is 0. The number of fused-ring (bicyclic) bond motifs is 6. The zero-order valence-electron chi connectivity index (χ0n) is 35.1. The van der Waals surface area contributed by atoms with Crippen molar-refractivity contribution in [1.29, 1.82) is 0 Å². The van der Waals surface area contributed by atoms with Crippen molar-refractivity contribution in [3.8, 4) is 33.8 Å². The fourth-order valence-electron chi connectivity index (χ4n) is 8.54. The summed E-state index contributed by atoms with van der Waals surface area (Å²) in [4.78, 5) is 64.5. The van der Waals surface area contributed by atoms with Crippen molar-refractivity contribution in [3.63, 3.8) is 0 Å². The molecule has 0 spiro atoms. The summed E-state index contributed by atoms with van der Waals surface area (Å²) >= 11 is 0. The Kier molecular flexibility index (Phi) is 14.4. The van der Waals surface area contributed by atoms with Crippen LogP contribution < -0.4 is 50.3 Å². The number of carbonyl (C=O) groups is 4. The summed E-state index contributed by atoms with van der Waals surface area (Å²) in [5, 5.41) is 12.1. The van der Waals surface area contributed by atoms with Gasteiger partial charge in [-0.15, -0.1) is 17.0 Å². The first-order valence-corrected chi connectivity index (χ1v) is 21.1. The molecular formula is C45H55BrN10O8. The summed E-state index contributed by atoms with van der Waals surface area (Å²) in [5.41, 5.74) is 5.28. The van der Waals surface area contributed by atoms with Crippen molar-refractivity contribution < 1.29 is 38.1 Å². The molecule has 8 heterocycles. The number of ether oxygens (including phenoxy) is 4. The molecule has 2 aromatic heterocycles. The van der Waals surface area contributed by atoms with Crippen molar-refractivity contribution in [2.24, 2.45) is 0 Å². The maximum absolute atomic E-state index is 12.5. The van der Waals surface area contributed by atoms with Gasteiger partial charge in [0, 0.05) is 89.7 Å². The van der Waals surface area contributed by atoms with Crippen molar-refractivity contribution in [1.82, 2.24) is 31.2 Å². The molecule has 10 rings (SSSR count). The highest BCUT2D eigenvalue weighted by Crippen LogP contribution is 2.42. The third-order valence-electron chi connectivity index (χ3n) is 11.8. The van der Waals surface area contributed by atoms with E-state index in [1.807, 2.05) is 60.9 Å². The minimum Gasteiger partial charge on any atom is -0.489 e. The van der Waals surface area contributed by atoms with Crippen LogP contribution in [0.25, 0.3) is 22.3 Å². The number of aromatic nitrogens is 2. The summed E-state index contributed by atoms with van der Waals surface area (Å²) in [6.45, 7) is 11.7. The number of carbonyl (C=O) groups excluding carboxylic acids is 4. The second kappa shape index (κ2) is 20.1. The van der Waals surface area contributed by atoms with Gasteiger partial charge in [-0.2, -0.15) is 0 Å². The number of halogens is 1. The first-order valence-electron chi connectivity index (χ1n) is 21.1. The highest BCUT2D eigenvalue weighted by molar-refractivity contribution is 8.93. The first kappa shape index (κ1) is 45.8. The lowest BCUT2D eigenvalue weighted by Crippen LogP contribution is -2.47. The van der Waals surface area contributed by atoms with E-state index >= 15 is 0 Å². The maximum atomic E-state index is 12.5. The van der Waals surface area contributed by atoms with Gasteiger partial charge in [0.2, 0.25) is 11.8 Å². The number of piperazine rings is 2. The Morgan fingerprint density at radius 3 is 1.38 bits per heavy atom. The molecule has 0 bridgehead atoms. The second-order valence-corrected chi connectivity index (χ2v) is 15.9. The molecule has 0 unspecified atom stereocenters. The smallest absolute Gasteiger partial charge is 0.415 e. The SMILES string of the molecule is Br.C.CC(=O)NC[C@@H]1OC(=O)N2c3ccc(-c4ccc(N5CCNCC5)nc4)cc3OC[C@@H]12.CC(=O)NC[C@@H]1OC(=O)N2c3ccc(-c4ccc(N5CCNCC5)nc4)cc3OC[C@@H]12. The van der Waals surface area contributed by atoms with E-state index in [1.165, 1.54) is 13.8 Å². The quantitative estimate of drug-likeness (QED) is 0.199. The van der Waals surface area contributed by atoms with Crippen LogP contribution >= 0.6 is 17.0 Å². The lowest BCUT2D eigenvalue weighted by atomic mass is 10.0. The van der Waals surface area contributed by atoms with E-state index in [0.717, 1.165) is 86.2 Å². The molecule has 6 aliphatic heterocycles. The lowest BCUT2D eigenvalue weighted by Gasteiger charge is -2.31. The maximum Gasteiger partial charge on any atom is 0.415 e. The zero-order chi connectivity index (χ0) is 42.7. The minimum absolute atomic E-state index is 0. The number of anilines is 4. The van der Waals surface area contributed by atoms with E-state index < -0.39 is 24.4 Å². The van der Waals surface area contributed by atoms with E-state index in [1.54, 1.807) is 9.80 Å². The number of rotatable bonds is 8. The predicted octanol–water partition coefficient (Wildman–Crippen LogP) is 3.98. The molecule has 4 saturated heterocycles. The molecule has 4 N–H and O–H groups in total. The average molecular weight is 944 g/mol. The fraction of sp³-hybridized carbons (Fsp3) is 0.422. The van der Waals surface area contributed by atoms with Gasteiger partial charge >= 0.3 is 12.2 Å². The van der Waals surface area contributed by atoms with Crippen molar-refractivity contribution in [2.75, 3.05) is 98.3 Å². The monoisotopic (exact) mass is 942 g/mol. The van der Waals surface area contributed by atoms with E-state index in [-0.39, 0.29) is 61.4 Å². The second-order valence-electron chi connectivity index (χ2n) is 15.9. The highest BCUT2D eigenvalue weighted by atomic mass is 79.9. The molecular weight excluding hydrogens is 888 g/mol. The Balaban J connectivity index is 0.000000186. The number of amides is 4. The van der Waals surface area contributed by atoms with Crippen LogP contribution in [0.4, 0.5) is 32.6 Å². The molecule has 18 nitrogen and oxygen atoms in total. The summed E-state index contributed by atoms with van der Waals surface area (Å²) in [6.07, 6.45) is 2.03. The Labute approximate surface area is 382 Å². The van der Waals surface area contributed by atoms with Crippen molar-refractivity contribution >= 4 is 64.0 Å². The number of cyclic esters (lactones) is 2. The minimum atomic E-state index is -0.439. The normalized spacial score (nSPS) is 21.6. The molecule has 2 aromatic carbocycles. The molecule has 0 aliphatic carbocycles. The van der Waals surface area contributed by atoms with Crippen LogP contribution in [-0.4, -0.2) is 137 Å². The number of pyridine rings is 2. The van der Waals surface area contributed by atoms with Gasteiger partial charge in [0.05, 0.1) is 24.5 Å². The summed E-state index contributed by atoms with van der Waals surface area (Å²) in [6, 6.07) is 19.2. The van der Waals surface area contributed by atoms with Gasteiger partial charge in [0.15, 0.2) is 0 Å². The van der Waals surface area contributed by atoms with Crippen LogP contribution in [0.3, 0.4) is 0 Å². The van der Waals surface area contributed by atoms with Crippen LogP contribution in [0.2, 0.25) is 0 Å².